The van der Waals surface area contributed by atoms with Crippen molar-refractivity contribution in [1.29, 1.82) is 0 Å². The summed E-state index contributed by atoms with van der Waals surface area (Å²) >= 11 is 0. The fourth-order valence-corrected chi connectivity index (χ4v) is 3.17. The fraction of sp³-hybridized carbons (Fsp3) is 0.923. The monoisotopic (exact) mass is 240 g/mol. The van der Waals surface area contributed by atoms with Crippen molar-refractivity contribution in [1.82, 2.24) is 10.2 Å². The molecule has 0 aromatic carbocycles. The number of nitrogens with one attached hydrogen (secondary N) is 1. The largest absolute Gasteiger partial charge is 0.381 e. The molecule has 1 aliphatic carbocycles. The Hall–Kier alpha value is -0.610. The van der Waals surface area contributed by atoms with Crippen LogP contribution in [0.4, 0.5) is 0 Å². The van der Waals surface area contributed by atoms with E-state index in [2.05, 4.69) is 5.32 Å². The fourth-order valence-electron chi connectivity index (χ4n) is 3.17. The van der Waals surface area contributed by atoms with Gasteiger partial charge >= 0.3 is 0 Å². The molecule has 1 aliphatic heterocycles. The number of likely N-dealkylation sites (tertiary alicyclic amines) is 1. The molecular weight excluding hydrogens is 216 g/mol. The number of hydrogen-bond acceptors (Lipinski definition) is 3. The number of hydrogen-bond donors (Lipinski definition) is 1. The summed E-state index contributed by atoms with van der Waals surface area (Å²) in [6, 6.07) is 0. The lowest BCUT2D eigenvalue weighted by atomic mass is 9.63. The second-order valence-electron chi connectivity index (χ2n) is 5.38. The van der Waals surface area contributed by atoms with Gasteiger partial charge in [-0.2, -0.15) is 0 Å². The lowest BCUT2D eigenvalue weighted by Gasteiger charge is -2.42. The van der Waals surface area contributed by atoms with Crippen molar-refractivity contribution >= 4 is 5.91 Å². The Balaban J connectivity index is 1.94. The maximum absolute atomic E-state index is 11.9. The molecule has 0 radical (unpaired) electrons. The zero-order valence-electron chi connectivity index (χ0n) is 11.0. The van der Waals surface area contributed by atoms with Crippen LogP contribution < -0.4 is 5.32 Å². The van der Waals surface area contributed by atoms with Crippen molar-refractivity contribution in [2.24, 2.45) is 11.3 Å². The lowest BCUT2D eigenvalue weighted by Crippen LogP contribution is -2.40. The van der Waals surface area contributed by atoms with Crippen molar-refractivity contribution in [3.05, 3.63) is 0 Å². The van der Waals surface area contributed by atoms with Crippen LogP contribution in [-0.2, 0) is 9.53 Å². The van der Waals surface area contributed by atoms with Gasteiger partial charge in [-0.3, -0.25) is 4.79 Å². The predicted molar refractivity (Wildman–Crippen MR) is 66.8 cm³/mol. The Morgan fingerprint density at radius 3 is 2.82 bits per heavy atom. The number of carbonyl (C=O) groups is 1. The Bertz CT molecular complexity index is 277. The standard InChI is InChI=1S/C13H24N2O2/c1-3-17-9-11-8-15(12(16)7-14-2)10-13(11)5-4-6-13/h11,14H,3-10H2,1-2H3/t11-/m0/s1. The van der Waals surface area contributed by atoms with E-state index in [0.717, 1.165) is 26.3 Å². The molecular formula is C13H24N2O2. The molecule has 2 rings (SSSR count). The topological polar surface area (TPSA) is 41.6 Å². The van der Waals surface area contributed by atoms with Gasteiger partial charge in [0.15, 0.2) is 0 Å². The van der Waals surface area contributed by atoms with Gasteiger partial charge in [-0.1, -0.05) is 6.42 Å². The van der Waals surface area contributed by atoms with Gasteiger partial charge in [0.2, 0.25) is 5.91 Å². The normalized spacial score (nSPS) is 26.2. The summed E-state index contributed by atoms with van der Waals surface area (Å²) < 4.78 is 5.58. The number of rotatable bonds is 5. The van der Waals surface area contributed by atoms with E-state index in [1.54, 1.807) is 0 Å². The second-order valence-corrected chi connectivity index (χ2v) is 5.38. The second kappa shape index (κ2) is 5.36. The van der Waals surface area contributed by atoms with Crippen LogP contribution in [0.15, 0.2) is 0 Å². The zero-order valence-corrected chi connectivity index (χ0v) is 11.0. The van der Waals surface area contributed by atoms with Gasteiger partial charge in [0.05, 0.1) is 13.2 Å². The maximum atomic E-state index is 11.9. The molecule has 4 heteroatoms. The highest BCUT2D eigenvalue weighted by Gasteiger charge is 2.51. The first-order valence-corrected chi connectivity index (χ1v) is 6.72. The summed E-state index contributed by atoms with van der Waals surface area (Å²) in [5.41, 5.74) is 0.387. The summed E-state index contributed by atoms with van der Waals surface area (Å²) in [5.74, 6) is 0.787. The van der Waals surface area contributed by atoms with Crippen LogP contribution >= 0.6 is 0 Å². The van der Waals surface area contributed by atoms with Crippen molar-refractivity contribution < 1.29 is 9.53 Å². The number of nitrogens with zero attached hydrogens (tertiary/aromatic N) is 1. The summed E-state index contributed by atoms with van der Waals surface area (Å²) in [5, 5.41) is 2.94. The van der Waals surface area contributed by atoms with Crippen LogP contribution in [-0.4, -0.2) is 50.7 Å². The maximum Gasteiger partial charge on any atom is 0.236 e. The molecule has 0 aromatic rings. The first-order valence-electron chi connectivity index (χ1n) is 6.72. The Morgan fingerprint density at radius 2 is 2.29 bits per heavy atom. The van der Waals surface area contributed by atoms with Gasteiger partial charge in [0, 0.05) is 25.6 Å². The molecule has 0 bridgehead atoms. The molecule has 1 N–H and O–H groups in total. The van der Waals surface area contributed by atoms with Gasteiger partial charge in [-0.15, -0.1) is 0 Å². The van der Waals surface area contributed by atoms with Gasteiger partial charge in [-0.25, -0.2) is 0 Å². The van der Waals surface area contributed by atoms with E-state index in [0.29, 0.717) is 17.9 Å². The summed E-state index contributed by atoms with van der Waals surface area (Å²) in [4.78, 5) is 13.9. The number of ether oxygens (including phenoxy) is 1. The first kappa shape index (κ1) is 12.8. The van der Waals surface area contributed by atoms with E-state index >= 15 is 0 Å². The van der Waals surface area contributed by atoms with Crippen molar-refractivity contribution in [2.75, 3.05) is 39.9 Å². The number of amides is 1. The van der Waals surface area contributed by atoms with Crippen LogP contribution in [0, 0.1) is 11.3 Å². The molecule has 1 saturated heterocycles. The molecule has 2 fully saturated rings. The molecule has 1 atom stereocenters. The average Bonchev–Trinajstić information content (AvgIpc) is 2.66. The smallest absolute Gasteiger partial charge is 0.236 e. The molecule has 17 heavy (non-hydrogen) atoms. The lowest BCUT2D eigenvalue weighted by molar-refractivity contribution is -0.129. The molecule has 1 amide bonds. The van der Waals surface area contributed by atoms with Gasteiger partial charge in [0.1, 0.15) is 0 Å². The zero-order chi connectivity index (χ0) is 12.3. The molecule has 98 valence electrons. The highest BCUT2D eigenvalue weighted by Crippen LogP contribution is 2.51. The van der Waals surface area contributed by atoms with Gasteiger partial charge in [-0.05, 0) is 32.2 Å². The van der Waals surface area contributed by atoms with Crippen molar-refractivity contribution in [2.45, 2.75) is 26.2 Å². The van der Waals surface area contributed by atoms with Crippen molar-refractivity contribution in [3.8, 4) is 0 Å². The molecule has 1 heterocycles. The Kier molecular flexibility index (Phi) is 4.05. The SMILES string of the molecule is CCOC[C@@H]1CN(C(=O)CNC)CC12CCC2. The summed E-state index contributed by atoms with van der Waals surface area (Å²) in [6.07, 6.45) is 3.86. The first-order chi connectivity index (χ1) is 8.22. The van der Waals surface area contributed by atoms with E-state index in [1.165, 1.54) is 19.3 Å². The molecule has 1 spiro atoms. The van der Waals surface area contributed by atoms with Crippen molar-refractivity contribution in [3.63, 3.8) is 0 Å². The van der Waals surface area contributed by atoms with Crippen LogP contribution in [0.25, 0.3) is 0 Å². The Labute approximate surface area is 104 Å². The third-order valence-electron chi connectivity index (χ3n) is 4.37. The molecule has 0 unspecified atom stereocenters. The highest BCUT2D eigenvalue weighted by molar-refractivity contribution is 5.78. The molecule has 0 aromatic heterocycles. The van der Waals surface area contributed by atoms with E-state index in [1.807, 2.05) is 18.9 Å². The van der Waals surface area contributed by atoms with E-state index in [-0.39, 0.29) is 5.91 Å². The van der Waals surface area contributed by atoms with E-state index in [9.17, 15) is 4.79 Å². The van der Waals surface area contributed by atoms with Crippen LogP contribution in [0.1, 0.15) is 26.2 Å². The quantitative estimate of drug-likeness (QED) is 0.775. The predicted octanol–water partition coefficient (Wildman–Crippen LogP) is 0.871. The Morgan fingerprint density at radius 1 is 1.53 bits per heavy atom. The van der Waals surface area contributed by atoms with Gasteiger partial charge in [0.25, 0.3) is 0 Å². The molecule has 2 aliphatic rings. The highest BCUT2D eigenvalue weighted by atomic mass is 16.5. The minimum Gasteiger partial charge on any atom is -0.381 e. The van der Waals surface area contributed by atoms with Crippen LogP contribution in [0.2, 0.25) is 0 Å². The van der Waals surface area contributed by atoms with Crippen LogP contribution in [0.3, 0.4) is 0 Å². The third kappa shape index (κ3) is 2.47. The summed E-state index contributed by atoms with van der Waals surface area (Å²) in [7, 11) is 1.82. The number of carbonyl (C=O) groups excluding carboxylic acids is 1. The number of likely N-dealkylation sites (N-methyl/N-ethyl adjacent to an activating group) is 1. The minimum atomic E-state index is 0.234. The third-order valence-corrected chi connectivity index (χ3v) is 4.37. The average molecular weight is 240 g/mol. The molecule has 1 saturated carbocycles. The minimum absolute atomic E-state index is 0.234. The summed E-state index contributed by atoms with van der Waals surface area (Å²) in [6.45, 7) is 5.92. The van der Waals surface area contributed by atoms with E-state index < -0.39 is 0 Å². The van der Waals surface area contributed by atoms with Crippen LogP contribution in [0.5, 0.6) is 0 Å². The molecule has 4 nitrogen and oxygen atoms in total. The van der Waals surface area contributed by atoms with Gasteiger partial charge < -0.3 is 15.0 Å². The van der Waals surface area contributed by atoms with E-state index in [4.69, 9.17) is 4.74 Å².